The second kappa shape index (κ2) is 5.49. The Morgan fingerprint density at radius 2 is 1.62 bits per heavy atom. The number of rotatable bonds is 4. The summed E-state index contributed by atoms with van der Waals surface area (Å²) in [5.41, 5.74) is -1.15. The highest BCUT2D eigenvalue weighted by atomic mass is 19.2. The lowest BCUT2D eigenvalue weighted by molar-refractivity contribution is -0.394. The maximum Gasteiger partial charge on any atom is 0.318 e. The molecule has 2 aromatic carbocycles. The van der Waals surface area contributed by atoms with Gasteiger partial charge in [-0.1, -0.05) is 0 Å². The summed E-state index contributed by atoms with van der Waals surface area (Å²) >= 11 is 0. The van der Waals surface area contributed by atoms with E-state index in [0.29, 0.717) is 6.07 Å². The van der Waals surface area contributed by atoms with E-state index in [1.807, 2.05) is 0 Å². The molecule has 2 rings (SSSR count). The monoisotopic (exact) mass is 296 g/mol. The maximum atomic E-state index is 13.0. The van der Waals surface area contributed by atoms with Gasteiger partial charge < -0.3 is 4.74 Å². The average Bonchev–Trinajstić information content (AvgIpc) is 2.43. The van der Waals surface area contributed by atoms with Gasteiger partial charge in [0.2, 0.25) is 5.75 Å². The number of non-ortho nitro benzene ring substituents is 1. The topological polar surface area (TPSA) is 95.5 Å². The van der Waals surface area contributed by atoms with E-state index >= 15 is 0 Å². The van der Waals surface area contributed by atoms with Crippen LogP contribution in [0.2, 0.25) is 0 Å². The Kier molecular flexibility index (Phi) is 3.74. The zero-order valence-corrected chi connectivity index (χ0v) is 10.2. The Morgan fingerprint density at radius 3 is 2.19 bits per heavy atom. The fourth-order valence-electron chi connectivity index (χ4n) is 1.52. The summed E-state index contributed by atoms with van der Waals surface area (Å²) in [5.74, 6) is -2.78. The molecule has 0 aliphatic heterocycles. The number of nitro benzene ring substituents is 2. The van der Waals surface area contributed by atoms with Crippen molar-refractivity contribution in [1.29, 1.82) is 0 Å². The number of nitro groups is 2. The van der Waals surface area contributed by atoms with E-state index in [1.165, 1.54) is 0 Å². The highest BCUT2D eigenvalue weighted by molar-refractivity contribution is 5.54. The van der Waals surface area contributed by atoms with Gasteiger partial charge in [0.15, 0.2) is 11.6 Å². The second-order valence-electron chi connectivity index (χ2n) is 3.84. The van der Waals surface area contributed by atoms with Crippen LogP contribution < -0.4 is 4.74 Å². The standard InChI is InChI=1S/C12H6F2N2O5/c13-9-3-2-8(6-10(9)14)21-12-4-1-7(15(17)18)5-11(12)16(19)20/h1-6H. The largest absolute Gasteiger partial charge is 0.450 e. The Morgan fingerprint density at radius 1 is 0.905 bits per heavy atom. The van der Waals surface area contributed by atoms with Gasteiger partial charge in [0, 0.05) is 12.1 Å². The lowest BCUT2D eigenvalue weighted by atomic mass is 10.2. The minimum absolute atomic E-state index is 0.175. The number of ether oxygens (including phenoxy) is 1. The molecule has 0 radical (unpaired) electrons. The molecule has 7 nitrogen and oxygen atoms in total. The van der Waals surface area contributed by atoms with Gasteiger partial charge in [0.1, 0.15) is 5.75 Å². The van der Waals surface area contributed by atoms with Crippen molar-refractivity contribution in [2.24, 2.45) is 0 Å². The summed E-state index contributed by atoms with van der Waals surface area (Å²) in [5, 5.41) is 21.5. The summed E-state index contributed by atoms with van der Waals surface area (Å²) in [6, 6.07) is 5.31. The molecule has 2 aromatic rings. The predicted octanol–water partition coefficient (Wildman–Crippen LogP) is 3.57. The molecule has 21 heavy (non-hydrogen) atoms. The van der Waals surface area contributed by atoms with Crippen LogP contribution in [0.15, 0.2) is 36.4 Å². The lowest BCUT2D eigenvalue weighted by Gasteiger charge is -2.06. The molecule has 0 atom stereocenters. The zero-order chi connectivity index (χ0) is 15.6. The van der Waals surface area contributed by atoms with Gasteiger partial charge in [-0.25, -0.2) is 8.78 Å². The van der Waals surface area contributed by atoms with Crippen LogP contribution in [0.25, 0.3) is 0 Å². The van der Waals surface area contributed by atoms with Crippen LogP contribution in [0.1, 0.15) is 0 Å². The predicted molar refractivity (Wildman–Crippen MR) is 66.2 cm³/mol. The number of hydrogen-bond donors (Lipinski definition) is 0. The van der Waals surface area contributed by atoms with Gasteiger partial charge in [-0.3, -0.25) is 20.2 Å². The summed E-state index contributed by atoms with van der Waals surface area (Å²) in [7, 11) is 0. The van der Waals surface area contributed by atoms with Gasteiger partial charge in [-0.2, -0.15) is 0 Å². The average molecular weight is 296 g/mol. The first-order valence-electron chi connectivity index (χ1n) is 5.44. The third-order valence-electron chi connectivity index (χ3n) is 2.47. The molecule has 0 aliphatic rings. The van der Waals surface area contributed by atoms with Crippen molar-refractivity contribution in [3.05, 3.63) is 68.3 Å². The summed E-state index contributed by atoms with van der Waals surface area (Å²) in [6.07, 6.45) is 0. The first-order valence-corrected chi connectivity index (χ1v) is 5.44. The van der Waals surface area contributed by atoms with Crippen LogP contribution in [0.4, 0.5) is 20.2 Å². The van der Waals surface area contributed by atoms with E-state index in [4.69, 9.17) is 4.74 Å². The molecule has 0 spiro atoms. The van der Waals surface area contributed by atoms with Gasteiger partial charge in [-0.05, 0) is 18.2 Å². The molecule has 0 aromatic heterocycles. The molecule has 0 heterocycles. The van der Waals surface area contributed by atoms with Crippen LogP contribution >= 0.6 is 0 Å². The van der Waals surface area contributed by atoms with Crippen molar-refractivity contribution in [2.75, 3.05) is 0 Å². The maximum absolute atomic E-state index is 13.0. The number of hydrogen-bond acceptors (Lipinski definition) is 5. The Labute approximate surface area is 115 Å². The van der Waals surface area contributed by atoms with Crippen molar-refractivity contribution in [1.82, 2.24) is 0 Å². The van der Waals surface area contributed by atoms with Gasteiger partial charge in [0.25, 0.3) is 5.69 Å². The molecule has 0 unspecified atom stereocenters. The van der Waals surface area contributed by atoms with Crippen molar-refractivity contribution >= 4 is 11.4 Å². The highest BCUT2D eigenvalue weighted by Crippen LogP contribution is 2.34. The van der Waals surface area contributed by atoms with E-state index in [9.17, 15) is 29.0 Å². The van der Waals surface area contributed by atoms with E-state index in [2.05, 4.69) is 0 Å². The van der Waals surface area contributed by atoms with Gasteiger partial charge >= 0.3 is 5.69 Å². The number of halogens is 2. The van der Waals surface area contributed by atoms with Crippen molar-refractivity contribution in [2.45, 2.75) is 0 Å². The molecule has 0 aliphatic carbocycles. The van der Waals surface area contributed by atoms with Crippen molar-refractivity contribution in [3.63, 3.8) is 0 Å². The van der Waals surface area contributed by atoms with E-state index in [0.717, 1.165) is 30.3 Å². The molecule has 0 amide bonds. The molecular weight excluding hydrogens is 290 g/mol. The Balaban J connectivity index is 2.41. The summed E-state index contributed by atoms with van der Waals surface area (Å²) < 4.78 is 30.9. The minimum atomic E-state index is -1.18. The molecule has 0 bridgehead atoms. The number of nitrogens with zero attached hydrogens (tertiary/aromatic N) is 2. The fourth-order valence-corrected chi connectivity index (χ4v) is 1.52. The van der Waals surface area contributed by atoms with Crippen molar-refractivity contribution in [3.8, 4) is 11.5 Å². The second-order valence-corrected chi connectivity index (χ2v) is 3.84. The normalized spacial score (nSPS) is 10.2. The number of benzene rings is 2. The zero-order valence-electron chi connectivity index (χ0n) is 10.2. The molecular formula is C12H6F2N2O5. The highest BCUT2D eigenvalue weighted by Gasteiger charge is 2.21. The lowest BCUT2D eigenvalue weighted by Crippen LogP contribution is -1.96. The van der Waals surface area contributed by atoms with E-state index in [1.54, 1.807) is 0 Å². The Bertz CT molecular complexity index is 736. The molecule has 0 saturated heterocycles. The molecule has 0 saturated carbocycles. The minimum Gasteiger partial charge on any atom is -0.450 e. The van der Waals surface area contributed by atoms with E-state index < -0.39 is 32.9 Å². The Hall–Kier alpha value is -3.10. The van der Waals surface area contributed by atoms with Crippen LogP contribution in [0, 0.1) is 31.9 Å². The van der Waals surface area contributed by atoms with Gasteiger partial charge in [0.05, 0.1) is 15.9 Å². The molecule has 0 fully saturated rings. The van der Waals surface area contributed by atoms with Crippen LogP contribution in [0.3, 0.4) is 0 Å². The SMILES string of the molecule is O=[N+]([O-])c1ccc(Oc2ccc(F)c(F)c2)c([N+](=O)[O-])c1. The van der Waals surface area contributed by atoms with E-state index in [-0.39, 0.29) is 11.5 Å². The first kappa shape index (κ1) is 14.3. The summed E-state index contributed by atoms with van der Waals surface area (Å²) in [4.78, 5) is 19.8. The van der Waals surface area contributed by atoms with Crippen molar-refractivity contribution < 1.29 is 23.4 Å². The summed E-state index contributed by atoms with van der Waals surface area (Å²) in [6.45, 7) is 0. The fraction of sp³-hybridized carbons (Fsp3) is 0. The molecule has 0 N–H and O–H groups in total. The van der Waals surface area contributed by atoms with Crippen LogP contribution in [0.5, 0.6) is 11.5 Å². The third kappa shape index (κ3) is 3.08. The van der Waals surface area contributed by atoms with Crippen LogP contribution in [-0.4, -0.2) is 9.85 Å². The molecule has 108 valence electrons. The smallest absolute Gasteiger partial charge is 0.318 e. The van der Waals surface area contributed by atoms with Gasteiger partial charge in [-0.15, -0.1) is 0 Å². The third-order valence-corrected chi connectivity index (χ3v) is 2.47. The quantitative estimate of drug-likeness (QED) is 0.634. The van der Waals surface area contributed by atoms with Crippen LogP contribution in [-0.2, 0) is 0 Å². The first-order chi connectivity index (χ1) is 9.88. The molecule has 9 heteroatoms.